The Morgan fingerprint density at radius 1 is 1.19 bits per heavy atom. The number of rotatable bonds is 4. The van der Waals surface area contributed by atoms with Gasteiger partial charge in [-0.2, -0.15) is 0 Å². The molecule has 3 heteroatoms. The van der Waals surface area contributed by atoms with Gasteiger partial charge in [0.05, 0.1) is 0 Å². The Balaban J connectivity index is 1.79. The van der Waals surface area contributed by atoms with E-state index in [-0.39, 0.29) is 17.2 Å². The second-order valence-electron chi connectivity index (χ2n) is 5.54. The number of hydrogen-bond donors (Lipinski definition) is 1. The van der Waals surface area contributed by atoms with Crippen molar-refractivity contribution in [1.82, 2.24) is 5.32 Å². The zero-order valence-electron chi connectivity index (χ0n) is 9.93. The van der Waals surface area contributed by atoms with E-state index >= 15 is 0 Å². The molecule has 1 N–H and O–H groups in total. The highest BCUT2D eigenvalue weighted by Crippen LogP contribution is 2.38. The second-order valence-corrected chi connectivity index (χ2v) is 5.81. The molecule has 0 aromatic carbocycles. The fourth-order valence-electron chi connectivity index (χ4n) is 3.09. The highest BCUT2D eigenvalue weighted by Gasteiger charge is 2.34. The van der Waals surface area contributed by atoms with E-state index in [0.29, 0.717) is 5.88 Å². The van der Waals surface area contributed by atoms with Gasteiger partial charge in [-0.05, 0) is 25.7 Å². The van der Waals surface area contributed by atoms with Crippen LogP contribution in [0.3, 0.4) is 0 Å². The first-order valence-electron chi connectivity index (χ1n) is 6.59. The van der Waals surface area contributed by atoms with E-state index < -0.39 is 0 Å². The highest BCUT2D eigenvalue weighted by atomic mass is 35.5. The first-order chi connectivity index (χ1) is 7.76. The Morgan fingerprint density at radius 3 is 2.38 bits per heavy atom. The Morgan fingerprint density at radius 2 is 1.81 bits per heavy atom. The molecular formula is C13H22ClNO. The number of nitrogens with one attached hydrogen (secondary N) is 1. The smallest absolute Gasteiger partial charge is 0.223 e. The molecule has 16 heavy (non-hydrogen) atoms. The number of hydrogen-bond acceptors (Lipinski definition) is 1. The zero-order valence-corrected chi connectivity index (χ0v) is 10.7. The van der Waals surface area contributed by atoms with E-state index in [1.165, 1.54) is 38.5 Å². The minimum atomic E-state index is 0.204. The van der Waals surface area contributed by atoms with Crippen LogP contribution in [0, 0.1) is 11.3 Å². The van der Waals surface area contributed by atoms with Gasteiger partial charge in [-0.3, -0.25) is 4.79 Å². The van der Waals surface area contributed by atoms with Gasteiger partial charge in [0.25, 0.3) is 0 Å². The van der Waals surface area contributed by atoms with E-state index in [2.05, 4.69) is 5.32 Å². The molecular weight excluding hydrogens is 222 g/mol. The summed E-state index contributed by atoms with van der Waals surface area (Å²) in [6, 6.07) is 0. The molecule has 0 radical (unpaired) electrons. The van der Waals surface area contributed by atoms with Gasteiger partial charge in [-0.1, -0.05) is 25.7 Å². The minimum absolute atomic E-state index is 0.204. The molecule has 92 valence electrons. The van der Waals surface area contributed by atoms with Crippen molar-refractivity contribution in [2.45, 2.75) is 51.4 Å². The highest BCUT2D eigenvalue weighted by molar-refractivity contribution is 6.18. The molecule has 2 aliphatic rings. The largest absolute Gasteiger partial charge is 0.355 e. The lowest BCUT2D eigenvalue weighted by Crippen LogP contribution is -2.39. The molecule has 2 rings (SSSR count). The summed E-state index contributed by atoms with van der Waals surface area (Å²) in [5.41, 5.74) is 0.204. The van der Waals surface area contributed by atoms with Crippen LogP contribution in [0.15, 0.2) is 0 Å². The summed E-state index contributed by atoms with van der Waals surface area (Å²) >= 11 is 6.06. The molecule has 0 bridgehead atoms. The standard InChI is InChI=1S/C13H22ClNO/c14-9-13(7-3-4-8-13)10-15-12(16)11-5-1-2-6-11/h11H,1-10H2,(H,15,16). The molecule has 0 atom stereocenters. The number of alkyl halides is 1. The van der Waals surface area contributed by atoms with Gasteiger partial charge < -0.3 is 5.32 Å². The van der Waals surface area contributed by atoms with Crippen LogP contribution in [0.1, 0.15) is 51.4 Å². The first kappa shape index (κ1) is 12.2. The molecule has 2 fully saturated rings. The summed E-state index contributed by atoms with van der Waals surface area (Å²) in [5, 5.41) is 3.13. The third kappa shape index (κ3) is 2.71. The first-order valence-corrected chi connectivity index (χ1v) is 7.13. The summed E-state index contributed by atoms with van der Waals surface area (Å²) < 4.78 is 0. The number of carbonyl (C=O) groups excluding carboxylic acids is 1. The van der Waals surface area contributed by atoms with Crippen molar-refractivity contribution in [2.75, 3.05) is 12.4 Å². The Bertz CT molecular complexity index is 242. The number of amides is 1. The van der Waals surface area contributed by atoms with Crippen molar-refractivity contribution in [3.8, 4) is 0 Å². The lowest BCUT2D eigenvalue weighted by Gasteiger charge is -2.27. The average Bonchev–Trinajstić information content (AvgIpc) is 2.98. The van der Waals surface area contributed by atoms with Crippen LogP contribution < -0.4 is 5.32 Å². The molecule has 2 nitrogen and oxygen atoms in total. The maximum absolute atomic E-state index is 11.9. The molecule has 1 amide bonds. The average molecular weight is 244 g/mol. The monoisotopic (exact) mass is 243 g/mol. The lowest BCUT2D eigenvalue weighted by atomic mass is 9.88. The van der Waals surface area contributed by atoms with Crippen LogP contribution in [-0.2, 0) is 4.79 Å². The summed E-state index contributed by atoms with van der Waals surface area (Å²) in [6.45, 7) is 0.797. The van der Waals surface area contributed by atoms with Crippen LogP contribution in [0.25, 0.3) is 0 Å². The predicted octanol–water partition coefficient (Wildman–Crippen LogP) is 3.09. The van der Waals surface area contributed by atoms with Crippen LogP contribution in [0.5, 0.6) is 0 Å². The van der Waals surface area contributed by atoms with E-state index in [1.54, 1.807) is 0 Å². The summed E-state index contributed by atoms with van der Waals surface area (Å²) in [7, 11) is 0. The quantitative estimate of drug-likeness (QED) is 0.756. The normalized spacial score (nSPS) is 24.8. The molecule has 0 saturated heterocycles. The van der Waals surface area contributed by atoms with E-state index in [9.17, 15) is 4.79 Å². The summed E-state index contributed by atoms with van der Waals surface area (Å²) in [4.78, 5) is 11.9. The fourth-order valence-corrected chi connectivity index (χ4v) is 3.45. The fraction of sp³-hybridized carbons (Fsp3) is 0.923. The second kappa shape index (κ2) is 5.39. The van der Waals surface area contributed by atoms with E-state index in [0.717, 1.165) is 19.4 Å². The van der Waals surface area contributed by atoms with Crippen molar-refractivity contribution in [3.05, 3.63) is 0 Å². The molecule has 0 spiro atoms. The molecule has 2 saturated carbocycles. The Kier molecular flexibility index (Phi) is 4.12. The molecule has 0 unspecified atom stereocenters. The lowest BCUT2D eigenvalue weighted by molar-refractivity contribution is -0.125. The zero-order chi connectivity index (χ0) is 11.4. The third-order valence-corrected chi connectivity index (χ3v) is 4.88. The van der Waals surface area contributed by atoms with E-state index in [4.69, 9.17) is 11.6 Å². The van der Waals surface area contributed by atoms with Gasteiger partial charge in [0.2, 0.25) is 5.91 Å². The molecule has 2 aliphatic carbocycles. The SMILES string of the molecule is O=C(NCC1(CCl)CCCC1)C1CCCC1. The third-order valence-electron chi connectivity index (χ3n) is 4.31. The molecule has 0 aromatic rings. The van der Waals surface area contributed by atoms with Gasteiger partial charge in [0.1, 0.15) is 0 Å². The van der Waals surface area contributed by atoms with Crippen LogP contribution in [0.2, 0.25) is 0 Å². The van der Waals surface area contributed by atoms with Crippen molar-refractivity contribution in [2.24, 2.45) is 11.3 Å². The van der Waals surface area contributed by atoms with Crippen LogP contribution >= 0.6 is 11.6 Å². The topological polar surface area (TPSA) is 29.1 Å². The number of halogens is 1. The van der Waals surface area contributed by atoms with Gasteiger partial charge >= 0.3 is 0 Å². The maximum Gasteiger partial charge on any atom is 0.223 e. The van der Waals surface area contributed by atoms with Gasteiger partial charge in [-0.15, -0.1) is 11.6 Å². The predicted molar refractivity (Wildman–Crippen MR) is 66.6 cm³/mol. The molecule has 0 aliphatic heterocycles. The Labute approximate surface area is 103 Å². The minimum Gasteiger partial charge on any atom is -0.355 e. The van der Waals surface area contributed by atoms with Gasteiger partial charge in [0.15, 0.2) is 0 Å². The molecule has 0 heterocycles. The summed E-state index contributed by atoms with van der Waals surface area (Å²) in [6.07, 6.45) is 9.51. The molecule has 0 aromatic heterocycles. The van der Waals surface area contributed by atoms with E-state index in [1.807, 2.05) is 0 Å². The van der Waals surface area contributed by atoms with Crippen molar-refractivity contribution in [1.29, 1.82) is 0 Å². The summed E-state index contributed by atoms with van der Waals surface area (Å²) in [5.74, 6) is 1.25. The van der Waals surface area contributed by atoms with Crippen molar-refractivity contribution < 1.29 is 4.79 Å². The maximum atomic E-state index is 11.9. The van der Waals surface area contributed by atoms with Crippen LogP contribution in [-0.4, -0.2) is 18.3 Å². The van der Waals surface area contributed by atoms with Gasteiger partial charge in [-0.25, -0.2) is 0 Å². The van der Waals surface area contributed by atoms with Crippen LogP contribution in [0.4, 0.5) is 0 Å². The Hall–Kier alpha value is -0.240. The van der Waals surface area contributed by atoms with Crippen molar-refractivity contribution >= 4 is 17.5 Å². The van der Waals surface area contributed by atoms with Crippen molar-refractivity contribution in [3.63, 3.8) is 0 Å². The number of carbonyl (C=O) groups is 1. The van der Waals surface area contributed by atoms with Gasteiger partial charge in [0, 0.05) is 23.8 Å².